The lowest BCUT2D eigenvalue weighted by Gasteiger charge is -2.33. The normalized spacial score (nSPS) is 13.6. The molecule has 1 unspecified atom stereocenters. The first-order chi connectivity index (χ1) is 9.57. The number of carbonyl (C=O) groups excluding carboxylic acids is 1. The average molecular weight is 291 g/mol. The van der Waals surface area contributed by atoms with E-state index in [0.29, 0.717) is 11.1 Å². The van der Waals surface area contributed by atoms with E-state index in [1.54, 1.807) is 0 Å². The number of rotatable bonds is 4. The summed E-state index contributed by atoms with van der Waals surface area (Å²) in [5, 5.41) is 10.6. The molecule has 21 heavy (non-hydrogen) atoms. The van der Waals surface area contributed by atoms with Crippen molar-refractivity contribution in [3.8, 4) is 0 Å². The zero-order chi connectivity index (χ0) is 16.4. The summed E-state index contributed by atoms with van der Waals surface area (Å²) in [5.41, 5.74) is 1.00. The Bertz CT molecular complexity index is 478. The Morgan fingerprint density at radius 1 is 1.05 bits per heavy atom. The van der Waals surface area contributed by atoms with Crippen LogP contribution in [-0.2, 0) is 0 Å². The molecule has 0 radical (unpaired) electrons. The molecule has 0 fully saturated rings. The fourth-order valence-electron chi connectivity index (χ4n) is 2.60. The maximum Gasteiger partial charge on any atom is 0.254 e. The molecule has 1 aromatic rings. The molecule has 0 aliphatic heterocycles. The monoisotopic (exact) mass is 291 g/mol. The van der Waals surface area contributed by atoms with Gasteiger partial charge in [-0.25, -0.2) is 0 Å². The summed E-state index contributed by atoms with van der Waals surface area (Å²) in [6.07, 6.45) is -0.668. The summed E-state index contributed by atoms with van der Waals surface area (Å²) in [6.45, 7) is 14.0. The van der Waals surface area contributed by atoms with Crippen LogP contribution in [0.5, 0.6) is 0 Å². The van der Waals surface area contributed by atoms with Crippen molar-refractivity contribution < 1.29 is 9.90 Å². The Labute approximate surface area is 129 Å². The van der Waals surface area contributed by atoms with Crippen molar-refractivity contribution in [3.63, 3.8) is 0 Å². The Morgan fingerprint density at radius 2 is 1.52 bits per heavy atom. The minimum Gasteiger partial charge on any atom is -0.388 e. The van der Waals surface area contributed by atoms with Gasteiger partial charge in [0.05, 0.1) is 6.10 Å². The molecule has 1 amide bonds. The fraction of sp³-hybridized carbons (Fsp3) is 0.611. The molecule has 0 aromatic heterocycles. The third-order valence-corrected chi connectivity index (χ3v) is 3.65. The molecule has 118 valence electrons. The van der Waals surface area contributed by atoms with Crippen LogP contribution < -0.4 is 0 Å². The molecular weight excluding hydrogens is 262 g/mol. The van der Waals surface area contributed by atoms with E-state index in [9.17, 15) is 9.90 Å². The van der Waals surface area contributed by atoms with Gasteiger partial charge in [0, 0.05) is 17.6 Å². The van der Waals surface area contributed by atoms with Gasteiger partial charge in [0.2, 0.25) is 0 Å². The largest absolute Gasteiger partial charge is 0.388 e. The van der Waals surface area contributed by atoms with Gasteiger partial charge < -0.3 is 10.0 Å². The van der Waals surface area contributed by atoms with Gasteiger partial charge in [0.15, 0.2) is 0 Å². The van der Waals surface area contributed by atoms with Crippen LogP contribution in [0.25, 0.3) is 0 Å². The Kier molecular flexibility index (Phi) is 5.57. The highest BCUT2D eigenvalue weighted by molar-refractivity contribution is 5.96. The fourth-order valence-corrected chi connectivity index (χ4v) is 2.60. The molecular formula is C18H29NO2. The van der Waals surface area contributed by atoms with Gasteiger partial charge in [-0.1, -0.05) is 39.0 Å². The second-order valence-corrected chi connectivity index (χ2v) is 7.26. The third kappa shape index (κ3) is 4.07. The van der Waals surface area contributed by atoms with E-state index in [1.807, 2.05) is 77.6 Å². The maximum atomic E-state index is 12.9. The quantitative estimate of drug-likeness (QED) is 0.910. The lowest BCUT2D eigenvalue weighted by atomic mass is 9.83. The number of nitrogens with zero attached hydrogens (tertiary/aromatic N) is 1. The first-order valence-electron chi connectivity index (χ1n) is 7.67. The van der Waals surface area contributed by atoms with Crippen LogP contribution in [0.3, 0.4) is 0 Å². The van der Waals surface area contributed by atoms with Crippen molar-refractivity contribution in [2.75, 3.05) is 0 Å². The van der Waals surface area contributed by atoms with Gasteiger partial charge in [0.25, 0.3) is 5.91 Å². The van der Waals surface area contributed by atoms with E-state index < -0.39 is 6.10 Å². The summed E-state index contributed by atoms with van der Waals surface area (Å²) in [5.74, 6) is -0.0149. The van der Waals surface area contributed by atoms with E-state index in [1.165, 1.54) is 0 Å². The molecule has 0 spiro atoms. The molecule has 3 heteroatoms. The highest BCUT2D eigenvalue weighted by Crippen LogP contribution is 2.34. The van der Waals surface area contributed by atoms with Crippen molar-refractivity contribution >= 4 is 5.91 Å². The van der Waals surface area contributed by atoms with E-state index in [4.69, 9.17) is 0 Å². The van der Waals surface area contributed by atoms with Crippen molar-refractivity contribution in [3.05, 3.63) is 35.4 Å². The maximum absolute atomic E-state index is 12.9. The van der Waals surface area contributed by atoms with Crippen molar-refractivity contribution in [2.45, 2.75) is 66.7 Å². The molecule has 1 N–H and O–H groups in total. The smallest absolute Gasteiger partial charge is 0.254 e. The summed E-state index contributed by atoms with van der Waals surface area (Å²) in [6, 6.07) is 7.63. The van der Waals surface area contributed by atoms with Gasteiger partial charge in [-0.15, -0.1) is 0 Å². The second kappa shape index (κ2) is 6.61. The lowest BCUT2D eigenvalue weighted by molar-refractivity contribution is 0.0549. The number of hydrogen-bond donors (Lipinski definition) is 1. The number of aliphatic hydroxyl groups excluding tert-OH is 1. The highest BCUT2D eigenvalue weighted by Gasteiger charge is 2.30. The molecule has 1 rings (SSSR count). The molecule has 0 saturated carbocycles. The molecule has 1 aromatic carbocycles. The van der Waals surface area contributed by atoms with Crippen LogP contribution in [-0.4, -0.2) is 28.0 Å². The molecule has 1 atom stereocenters. The van der Waals surface area contributed by atoms with Crippen LogP contribution in [0.4, 0.5) is 0 Å². The number of aliphatic hydroxyl groups is 1. The van der Waals surface area contributed by atoms with Gasteiger partial charge in [0.1, 0.15) is 0 Å². The standard InChI is InChI=1S/C18H29NO2/c1-12(2)19(13(3)4)17(21)15-11-9-8-10-14(15)16(20)18(5,6)7/h8-13,16,20H,1-7H3. The molecule has 0 aliphatic carbocycles. The summed E-state index contributed by atoms with van der Waals surface area (Å²) >= 11 is 0. The first-order valence-corrected chi connectivity index (χ1v) is 7.67. The molecule has 0 heterocycles. The van der Waals surface area contributed by atoms with Crippen LogP contribution in [0.1, 0.15) is 70.5 Å². The predicted octanol–water partition coefficient (Wildman–Crippen LogP) is 4.03. The Hall–Kier alpha value is -1.35. The lowest BCUT2D eigenvalue weighted by Crippen LogP contribution is -2.42. The summed E-state index contributed by atoms with van der Waals surface area (Å²) in [4.78, 5) is 14.8. The zero-order valence-electron chi connectivity index (χ0n) is 14.3. The Morgan fingerprint density at radius 3 is 1.95 bits per heavy atom. The van der Waals surface area contributed by atoms with E-state index >= 15 is 0 Å². The van der Waals surface area contributed by atoms with Gasteiger partial charge >= 0.3 is 0 Å². The van der Waals surface area contributed by atoms with Crippen LogP contribution in [0, 0.1) is 5.41 Å². The van der Waals surface area contributed by atoms with E-state index in [0.717, 1.165) is 0 Å². The van der Waals surface area contributed by atoms with Crippen molar-refractivity contribution in [2.24, 2.45) is 5.41 Å². The minimum atomic E-state index is -0.668. The molecule has 3 nitrogen and oxygen atoms in total. The van der Waals surface area contributed by atoms with Crippen LogP contribution in [0.15, 0.2) is 24.3 Å². The number of hydrogen-bond acceptors (Lipinski definition) is 2. The molecule has 0 bridgehead atoms. The van der Waals surface area contributed by atoms with Gasteiger partial charge in [-0.05, 0) is 44.7 Å². The van der Waals surface area contributed by atoms with Gasteiger partial charge in [-0.2, -0.15) is 0 Å². The van der Waals surface area contributed by atoms with Crippen LogP contribution in [0.2, 0.25) is 0 Å². The second-order valence-electron chi connectivity index (χ2n) is 7.26. The third-order valence-electron chi connectivity index (χ3n) is 3.65. The molecule has 0 saturated heterocycles. The minimum absolute atomic E-state index is 0.0149. The number of benzene rings is 1. The highest BCUT2D eigenvalue weighted by atomic mass is 16.3. The zero-order valence-corrected chi connectivity index (χ0v) is 14.3. The number of amides is 1. The predicted molar refractivity (Wildman–Crippen MR) is 87.3 cm³/mol. The first kappa shape index (κ1) is 17.7. The summed E-state index contributed by atoms with van der Waals surface area (Å²) in [7, 11) is 0. The average Bonchev–Trinajstić information content (AvgIpc) is 2.35. The SMILES string of the molecule is CC(C)N(C(=O)c1ccccc1C(O)C(C)(C)C)C(C)C. The van der Waals surface area contributed by atoms with Gasteiger partial charge in [-0.3, -0.25) is 4.79 Å². The summed E-state index contributed by atoms with van der Waals surface area (Å²) < 4.78 is 0. The number of carbonyl (C=O) groups is 1. The van der Waals surface area contributed by atoms with E-state index in [-0.39, 0.29) is 23.4 Å². The molecule has 0 aliphatic rings. The van der Waals surface area contributed by atoms with Crippen molar-refractivity contribution in [1.82, 2.24) is 4.90 Å². The Balaban J connectivity index is 3.28. The van der Waals surface area contributed by atoms with Crippen molar-refractivity contribution in [1.29, 1.82) is 0 Å². The van der Waals surface area contributed by atoms with Crippen LogP contribution >= 0.6 is 0 Å². The topological polar surface area (TPSA) is 40.5 Å². The van der Waals surface area contributed by atoms with E-state index in [2.05, 4.69) is 0 Å².